The molecule has 64 heavy (non-hydrogen) atoms. The summed E-state index contributed by atoms with van der Waals surface area (Å²) in [6, 6.07) is 14.8. The number of rotatable bonds is 7. The molecule has 2 atom stereocenters. The summed E-state index contributed by atoms with van der Waals surface area (Å²) in [6.45, 7) is 10.6. The molecule has 1 saturated carbocycles. The molecule has 1 N–H and O–H groups in total. The Bertz CT molecular complexity index is 3320. The number of carbonyl (C=O) groups is 1. The molecule has 326 valence electrons. The highest BCUT2D eigenvalue weighted by atomic mass is 19.1. The molecule has 6 aromatic heterocycles. The average Bonchev–Trinajstić information content (AvgIpc) is 3.56. The Morgan fingerprint density at radius 3 is 2.53 bits per heavy atom. The van der Waals surface area contributed by atoms with Crippen LogP contribution in [0.1, 0.15) is 108 Å². The maximum atomic E-state index is 15.5. The Morgan fingerprint density at radius 1 is 1.00 bits per heavy atom. The van der Waals surface area contributed by atoms with E-state index >= 15 is 9.18 Å². The average molecular weight is 863 g/mol. The van der Waals surface area contributed by atoms with Crippen molar-refractivity contribution in [2.75, 3.05) is 13.2 Å². The van der Waals surface area contributed by atoms with Crippen molar-refractivity contribution in [3.05, 3.63) is 145 Å². The topological polar surface area (TPSA) is 163 Å². The largest absolute Gasteiger partial charge is 0.438 e. The molecule has 2 fully saturated rings. The number of benzene rings is 2. The van der Waals surface area contributed by atoms with Gasteiger partial charge in [-0.1, -0.05) is 5.16 Å². The van der Waals surface area contributed by atoms with Gasteiger partial charge >= 0.3 is 5.76 Å². The summed E-state index contributed by atoms with van der Waals surface area (Å²) in [6.07, 6.45) is 10.3. The summed E-state index contributed by atoms with van der Waals surface area (Å²) < 4.78 is 33.2. The van der Waals surface area contributed by atoms with Crippen LogP contribution in [0.4, 0.5) is 4.39 Å². The van der Waals surface area contributed by atoms with Gasteiger partial charge in [0.1, 0.15) is 12.1 Å². The summed E-state index contributed by atoms with van der Waals surface area (Å²) in [5.74, 6) is -0.500. The van der Waals surface area contributed by atoms with E-state index in [0.29, 0.717) is 77.6 Å². The second-order valence-electron chi connectivity index (χ2n) is 18.4. The minimum atomic E-state index is -0.746. The predicted octanol–water partition coefficient (Wildman–Crippen LogP) is 7.17. The van der Waals surface area contributed by atoms with Crippen molar-refractivity contribution in [1.82, 2.24) is 48.6 Å². The lowest BCUT2D eigenvalue weighted by Crippen LogP contribution is -2.39. The highest BCUT2D eigenvalue weighted by Crippen LogP contribution is 2.54. The second kappa shape index (κ2) is 14.3. The Kier molecular flexibility index (Phi) is 8.90. The quantitative estimate of drug-likeness (QED) is 0.175. The molecule has 2 aromatic carbocycles. The van der Waals surface area contributed by atoms with E-state index in [9.17, 15) is 9.59 Å². The van der Waals surface area contributed by atoms with Gasteiger partial charge in [-0.3, -0.25) is 28.3 Å². The zero-order valence-electron chi connectivity index (χ0n) is 36.5. The molecular formula is C48H47FN10O5. The van der Waals surface area contributed by atoms with Crippen LogP contribution < -0.4 is 11.3 Å². The highest BCUT2D eigenvalue weighted by molar-refractivity contribution is 5.98. The van der Waals surface area contributed by atoms with E-state index in [0.717, 1.165) is 40.6 Å². The lowest BCUT2D eigenvalue weighted by atomic mass is 9.84. The summed E-state index contributed by atoms with van der Waals surface area (Å²) in [5.41, 5.74) is 7.10. The van der Waals surface area contributed by atoms with Gasteiger partial charge in [-0.25, -0.2) is 18.9 Å². The molecule has 0 spiro atoms. The number of amides is 1. The van der Waals surface area contributed by atoms with Crippen LogP contribution in [0.25, 0.3) is 39.1 Å². The number of nitrogens with one attached hydrogen (secondary N) is 1. The number of H-pyrrole nitrogens is 1. The smallest absolute Gasteiger partial charge is 0.376 e. The molecule has 8 aromatic rings. The minimum Gasteiger partial charge on any atom is -0.376 e. The van der Waals surface area contributed by atoms with Crippen LogP contribution in [-0.2, 0) is 23.6 Å². The first kappa shape index (κ1) is 39.9. The fourth-order valence-electron chi connectivity index (χ4n) is 10.4. The maximum absolute atomic E-state index is 15.5. The number of fused-ring (bicyclic) bond motifs is 3. The van der Waals surface area contributed by atoms with Crippen molar-refractivity contribution in [2.24, 2.45) is 7.05 Å². The number of aromatic nitrogens is 9. The molecule has 15 nitrogen and oxygen atoms in total. The van der Waals surface area contributed by atoms with E-state index in [-0.39, 0.29) is 34.4 Å². The number of pyridine rings is 1. The lowest BCUT2D eigenvalue weighted by Gasteiger charge is -2.35. The normalized spacial score (nSPS) is 19.1. The van der Waals surface area contributed by atoms with Gasteiger partial charge in [0.15, 0.2) is 5.82 Å². The fraction of sp³-hybridized carbons (Fsp3) is 0.354. The van der Waals surface area contributed by atoms with Gasteiger partial charge in [0.25, 0.3) is 11.5 Å². The zero-order valence-corrected chi connectivity index (χ0v) is 36.5. The van der Waals surface area contributed by atoms with Gasteiger partial charge in [-0.15, -0.1) is 0 Å². The molecule has 16 heteroatoms. The van der Waals surface area contributed by atoms with Gasteiger partial charge in [-0.2, -0.15) is 10.2 Å². The number of nitrogens with zero attached hydrogens (tertiary/aromatic N) is 9. The van der Waals surface area contributed by atoms with Crippen molar-refractivity contribution in [3.63, 3.8) is 0 Å². The Balaban J connectivity index is 1.06. The number of aryl methyl sites for hydroxylation is 3. The van der Waals surface area contributed by atoms with E-state index < -0.39 is 17.2 Å². The maximum Gasteiger partial charge on any atom is 0.438 e. The van der Waals surface area contributed by atoms with Crippen LogP contribution in [0.15, 0.2) is 87.6 Å². The van der Waals surface area contributed by atoms with Crippen molar-refractivity contribution in [1.29, 1.82) is 0 Å². The molecule has 1 aliphatic carbocycles. The molecule has 11 rings (SSSR count). The molecular weight excluding hydrogens is 816 g/mol. The summed E-state index contributed by atoms with van der Waals surface area (Å²) in [5, 5.41) is 14.5. The fourth-order valence-corrected chi connectivity index (χ4v) is 10.4. The van der Waals surface area contributed by atoms with Gasteiger partial charge < -0.3 is 14.0 Å². The third kappa shape index (κ3) is 6.20. The van der Waals surface area contributed by atoms with Gasteiger partial charge in [0.05, 0.1) is 62.7 Å². The molecule has 0 bridgehead atoms. The second-order valence-corrected chi connectivity index (χ2v) is 18.4. The van der Waals surface area contributed by atoms with Crippen LogP contribution in [0, 0.1) is 19.7 Å². The van der Waals surface area contributed by atoms with Crippen LogP contribution in [0.2, 0.25) is 0 Å². The Morgan fingerprint density at radius 2 is 1.80 bits per heavy atom. The Labute approximate surface area is 366 Å². The van der Waals surface area contributed by atoms with Crippen molar-refractivity contribution < 1.29 is 18.4 Å². The first-order valence-electron chi connectivity index (χ1n) is 21.8. The van der Waals surface area contributed by atoms with Gasteiger partial charge in [-0.05, 0) is 131 Å². The number of carbonyl (C=O) groups excluding carboxylic acids is 1. The predicted molar refractivity (Wildman–Crippen MR) is 236 cm³/mol. The highest BCUT2D eigenvalue weighted by Gasteiger charge is 2.54. The van der Waals surface area contributed by atoms with E-state index in [1.165, 1.54) is 22.7 Å². The zero-order chi connectivity index (χ0) is 44.4. The van der Waals surface area contributed by atoms with Crippen LogP contribution in [-0.4, -0.2) is 73.2 Å². The van der Waals surface area contributed by atoms with Gasteiger partial charge in [0, 0.05) is 61.2 Å². The van der Waals surface area contributed by atoms with Gasteiger partial charge in [0.2, 0.25) is 0 Å². The molecule has 1 saturated heterocycles. The molecule has 0 radical (unpaired) electrons. The lowest BCUT2D eigenvalue weighted by molar-refractivity contribution is -0.0593. The third-order valence-electron chi connectivity index (χ3n) is 13.8. The number of ether oxygens (including phenoxy) is 1. The third-order valence-corrected chi connectivity index (χ3v) is 13.8. The SMILES string of the molecule is Cc1cc(-n2nc3c(c2-c2cncn(-c4ccc5c(cnn5C)c4)c2=O)[C@H](C)N(C(=O)c2cc4cc([C@H]5CCOC(C)(C)C5)ccn4c2C2(c4noc(=O)[nH]4)CC2)CC3)cc(C)c1F. The van der Waals surface area contributed by atoms with Crippen molar-refractivity contribution >= 4 is 22.3 Å². The van der Waals surface area contributed by atoms with Crippen LogP contribution >= 0.6 is 0 Å². The summed E-state index contributed by atoms with van der Waals surface area (Å²) in [7, 11) is 1.86. The number of aromatic amines is 1. The monoisotopic (exact) mass is 862 g/mol. The molecule has 3 aliphatic rings. The van der Waals surface area contributed by atoms with E-state index in [1.54, 1.807) is 41.5 Å². The first-order valence-corrected chi connectivity index (χ1v) is 21.8. The number of hydrogen-bond acceptors (Lipinski definition) is 9. The standard InChI is InChI=1S/C48H47FN10O5/c1-26-17-34(18-27(2)40(26)49)59-41(36-24-50-25-58(44(36)61)32-7-8-38-31(20-32)23-51-55(38)6)39-28(3)56(15-10-37(39)53-59)43(60)35-21-33-19-29(30-11-16-63-47(4,5)22-30)9-14-57(33)42(35)48(12-13-48)45-52-46(62)64-54-45/h7-9,14,17-21,23-25,28,30H,10-13,15-16,22H2,1-6H3,(H,52,54,62)/t28-,30-/m0/s1. The van der Waals surface area contributed by atoms with E-state index in [1.807, 2.05) is 49.3 Å². The Hall–Kier alpha value is -6.94. The van der Waals surface area contributed by atoms with E-state index in [4.69, 9.17) is 14.4 Å². The molecule has 8 heterocycles. The van der Waals surface area contributed by atoms with Crippen LogP contribution in [0.3, 0.4) is 0 Å². The van der Waals surface area contributed by atoms with E-state index in [2.05, 4.69) is 50.6 Å². The van der Waals surface area contributed by atoms with Crippen molar-refractivity contribution in [2.45, 2.75) is 89.7 Å². The molecule has 1 amide bonds. The summed E-state index contributed by atoms with van der Waals surface area (Å²) in [4.78, 5) is 51.9. The number of halogens is 1. The molecule has 0 unspecified atom stereocenters. The van der Waals surface area contributed by atoms with Crippen LogP contribution in [0.5, 0.6) is 0 Å². The minimum absolute atomic E-state index is 0.205. The first-order chi connectivity index (χ1) is 30.7. The summed E-state index contributed by atoms with van der Waals surface area (Å²) >= 11 is 0. The number of hydrogen-bond donors (Lipinski definition) is 1. The molecule has 2 aliphatic heterocycles. The van der Waals surface area contributed by atoms with Crippen molar-refractivity contribution in [3.8, 4) is 22.6 Å².